The van der Waals surface area contributed by atoms with Gasteiger partial charge in [-0.2, -0.15) is 0 Å². The molecule has 2 aliphatic rings. The lowest BCUT2D eigenvalue weighted by molar-refractivity contribution is -0.0379. The summed E-state index contributed by atoms with van der Waals surface area (Å²) in [6.07, 6.45) is 2.42. The number of fused-ring (bicyclic) bond motifs is 5. The number of aromatic nitrogens is 4. The zero-order valence-electron chi connectivity index (χ0n) is 16.6. The van der Waals surface area contributed by atoms with E-state index in [-0.39, 0.29) is 17.3 Å². The molecule has 1 fully saturated rings. The van der Waals surface area contributed by atoms with E-state index in [1.165, 1.54) is 10.4 Å². The molecule has 0 saturated carbocycles. The van der Waals surface area contributed by atoms with Gasteiger partial charge in [-0.15, -0.1) is 16.4 Å². The van der Waals surface area contributed by atoms with Gasteiger partial charge in [0.2, 0.25) is 5.82 Å². The maximum Gasteiger partial charge on any atom is 0.291 e. The van der Waals surface area contributed by atoms with Crippen LogP contribution in [0.2, 0.25) is 0 Å². The Balaban J connectivity index is 1.39. The predicted octanol–water partition coefficient (Wildman–Crippen LogP) is 1.25. The van der Waals surface area contributed by atoms with Crippen LogP contribution in [0.25, 0.3) is 15.9 Å². The molecule has 29 heavy (non-hydrogen) atoms. The number of rotatable bonds is 4. The van der Waals surface area contributed by atoms with E-state index in [1.807, 2.05) is 0 Å². The van der Waals surface area contributed by atoms with Gasteiger partial charge in [0.25, 0.3) is 5.91 Å². The molecular weight excluding hydrogens is 392 g/mol. The summed E-state index contributed by atoms with van der Waals surface area (Å²) >= 11 is 1.63. The van der Waals surface area contributed by atoms with Crippen molar-refractivity contribution in [1.82, 2.24) is 29.8 Å². The molecule has 9 nitrogen and oxygen atoms in total. The SMILES string of the molecule is CC1(C)Cc2c(sc3ncn4nc(C(=O)NCCN5CCOCC5)nc4c23)CO1. The molecule has 0 aliphatic carbocycles. The highest BCUT2D eigenvalue weighted by Gasteiger charge is 2.31. The fraction of sp³-hybridized carbons (Fsp3) is 0.579. The van der Waals surface area contributed by atoms with Crippen molar-refractivity contribution in [2.24, 2.45) is 0 Å². The average molecular weight is 417 g/mol. The fourth-order valence-electron chi connectivity index (χ4n) is 3.87. The Kier molecular flexibility index (Phi) is 4.73. The summed E-state index contributed by atoms with van der Waals surface area (Å²) in [5, 5.41) is 8.28. The highest BCUT2D eigenvalue weighted by molar-refractivity contribution is 7.19. The van der Waals surface area contributed by atoms with Crippen molar-refractivity contribution in [3.05, 3.63) is 22.6 Å². The zero-order chi connectivity index (χ0) is 20.0. The van der Waals surface area contributed by atoms with Crippen molar-refractivity contribution < 1.29 is 14.3 Å². The first-order valence-electron chi connectivity index (χ1n) is 9.88. The minimum absolute atomic E-state index is 0.174. The summed E-state index contributed by atoms with van der Waals surface area (Å²) in [7, 11) is 0. The number of thiophene rings is 1. The van der Waals surface area contributed by atoms with E-state index in [4.69, 9.17) is 9.47 Å². The van der Waals surface area contributed by atoms with Gasteiger partial charge in [0, 0.05) is 37.5 Å². The van der Waals surface area contributed by atoms with Crippen LogP contribution in [-0.4, -0.2) is 75.4 Å². The third-order valence-electron chi connectivity index (χ3n) is 5.43. The lowest BCUT2D eigenvalue weighted by Crippen LogP contribution is -2.41. The van der Waals surface area contributed by atoms with Gasteiger partial charge >= 0.3 is 0 Å². The third kappa shape index (κ3) is 3.61. The molecular formula is C19H24N6O3S. The Morgan fingerprint density at radius 3 is 3.00 bits per heavy atom. The summed E-state index contributed by atoms with van der Waals surface area (Å²) in [6.45, 7) is 9.40. The number of hydrogen-bond donors (Lipinski definition) is 1. The maximum absolute atomic E-state index is 12.6. The summed E-state index contributed by atoms with van der Waals surface area (Å²) in [5.41, 5.74) is 1.67. The van der Waals surface area contributed by atoms with Crippen LogP contribution in [0.15, 0.2) is 6.33 Å². The number of ether oxygens (including phenoxy) is 2. The highest BCUT2D eigenvalue weighted by atomic mass is 32.1. The summed E-state index contributed by atoms with van der Waals surface area (Å²) in [4.78, 5) is 26.1. The normalized spacial score (nSPS) is 19.5. The third-order valence-corrected chi connectivity index (χ3v) is 6.54. The number of carbonyl (C=O) groups excluding carboxylic acids is 1. The van der Waals surface area contributed by atoms with Crippen molar-refractivity contribution in [2.45, 2.75) is 32.5 Å². The van der Waals surface area contributed by atoms with E-state index >= 15 is 0 Å². The largest absolute Gasteiger partial charge is 0.379 e. The molecule has 3 aromatic heterocycles. The molecule has 0 bridgehead atoms. The van der Waals surface area contributed by atoms with Crippen molar-refractivity contribution >= 4 is 33.1 Å². The number of nitrogens with one attached hydrogen (secondary N) is 1. The van der Waals surface area contributed by atoms with E-state index in [9.17, 15) is 4.79 Å². The van der Waals surface area contributed by atoms with E-state index in [0.29, 0.717) is 18.8 Å². The Bertz CT molecular complexity index is 1070. The smallest absolute Gasteiger partial charge is 0.291 e. The minimum Gasteiger partial charge on any atom is -0.379 e. The molecule has 0 unspecified atom stereocenters. The molecule has 3 aromatic rings. The van der Waals surface area contributed by atoms with Gasteiger partial charge in [0.1, 0.15) is 11.2 Å². The van der Waals surface area contributed by atoms with E-state index < -0.39 is 0 Å². The molecule has 1 amide bonds. The molecule has 0 radical (unpaired) electrons. The highest BCUT2D eigenvalue weighted by Crippen LogP contribution is 2.39. The van der Waals surface area contributed by atoms with Crippen LogP contribution in [0.5, 0.6) is 0 Å². The second-order valence-electron chi connectivity index (χ2n) is 8.07. The molecule has 0 spiro atoms. The van der Waals surface area contributed by atoms with Crippen LogP contribution in [0.1, 0.15) is 34.9 Å². The molecule has 1 saturated heterocycles. The molecule has 0 atom stereocenters. The first kappa shape index (κ1) is 18.9. The Labute approximate surface area is 172 Å². The first-order valence-corrected chi connectivity index (χ1v) is 10.7. The number of carbonyl (C=O) groups is 1. The molecule has 1 N–H and O–H groups in total. The minimum atomic E-state index is -0.261. The van der Waals surface area contributed by atoms with E-state index in [1.54, 1.807) is 22.2 Å². The van der Waals surface area contributed by atoms with Crippen LogP contribution in [0.3, 0.4) is 0 Å². The van der Waals surface area contributed by atoms with Crippen LogP contribution >= 0.6 is 11.3 Å². The van der Waals surface area contributed by atoms with E-state index in [0.717, 1.165) is 49.5 Å². The van der Waals surface area contributed by atoms with Crippen LogP contribution < -0.4 is 5.32 Å². The average Bonchev–Trinajstić information content (AvgIpc) is 3.28. The number of hydrogen-bond acceptors (Lipinski definition) is 8. The number of morpholine rings is 1. The molecule has 2 aliphatic heterocycles. The molecule has 0 aromatic carbocycles. The van der Waals surface area contributed by atoms with Crippen LogP contribution in [0, 0.1) is 0 Å². The van der Waals surface area contributed by atoms with Crippen molar-refractivity contribution in [3.8, 4) is 0 Å². The van der Waals surface area contributed by atoms with Gasteiger partial charge in [-0.05, 0) is 19.4 Å². The van der Waals surface area contributed by atoms with Crippen LogP contribution in [0.4, 0.5) is 0 Å². The Hall–Kier alpha value is -2.14. The fourth-order valence-corrected chi connectivity index (χ4v) is 4.93. The molecule has 5 rings (SSSR count). The topological polar surface area (TPSA) is 93.9 Å². The number of nitrogens with zero attached hydrogens (tertiary/aromatic N) is 5. The second kappa shape index (κ2) is 7.28. The standard InChI is InChI=1S/C19H24N6O3S/c1-19(2)9-12-13(10-28-19)29-18-14(12)16-22-15(23-25(16)11-21-18)17(26)20-3-4-24-5-7-27-8-6-24/h11H,3-10H2,1-2H3,(H,20,26). The Morgan fingerprint density at radius 2 is 2.17 bits per heavy atom. The van der Waals surface area contributed by atoms with Gasteiger partial charge in [0.15, 0.2) is 5.65 Å². The van der Waals surface area contributed by atoms with E-state index in [2.05, 4.69) is 39.1 Å². The van der Waals surface area contributed by atoms with Gasteiger partial charge in [-0.25, -0.2) is 14.5 Å². The van der Waals surface area contributed by atoms with Crippen molar-refractivity contribution in [2.75, 3.05) is 39.4 Å². The van der Waals surface area contributed by atoms with Crippen molar-refractivity contribution in [3.63, 3.8) is 0 Å². The zero-order valence-corrected chi connectivity index (χ0v) is 17.4. The predicted molar refractivity (Wildman–Crippen MR) is 108 cm³/mol. The summed E-state index contributed by atoms with van der Waals surface area (Å²) in [6, 6.07) is 0. The van der Waals surface area contributed by atoms with Crippen LogP contribution in [-0.2, 0) is 22.5 Å². The monoisotopic (exact) mass is 416 g/mol. The summed E-state index contributed by atoms with van der Waals surface area (Å²) < 4.78 is 12.9. The molecule has 5 heterocycles. The lowest BCUT2D eigenvalue weighted by Gasteiger charge is -2.30. The quantitative estimate of drug-likeness (QED) is 0.684. The van der Waals surface area contributed by atoms with Gasteiger partial charge in [-0.1, -0.05) is 0 Å². The first-order chi connectivity index (χ1) is 14.0. The second-order valence-corrected chi connectivity index (χ2v) is 9.15. The van der Waals surface area contributed by atoms with Gasteiger partial charge in [0.05, 0.1) is 30.8 Å². The van der Waals surface area contributed by atoms with Gasteiger partial charge < -0.3 is 14.8 Å². The summed E-state index contributed by atoms with van der Waals surface area (Å²) in [5.74, 6) is -0.0876. The van der Waals surface area contributed by atoms with Gasteiger partial charge in [-0.3, -0.25) is 9.69 Å². The molecule has 10 heteroatoms. The maximum atomic E-state index is 12.6. The van der Waals surface area contributed by atoms with Crippen molar-refractivity contribution in [1.29, 1.82) is 0 Å². The lowest BCUT2D eigenvalue weighted by atomic mass is 9.94. The molecule has 154 valence electrons. The Morgan fingerprint density at radius 1 is 1.34 bits per heavy atom. The number of amides is 1.